The van der Waals surface area contributed by atoms with E-state index in [1.807, 2.05) is 26.0 Å². The van der Waals surface area contributed by atoms with Crippen molar-refractivity contribution in [3.8, 4) is 0 Å². The summed E-state index contributed by atoms with van der Waals surface area (Å²) in [6.07, 6.45) is 0. The normalized spacial score (nSPS) is 10.6. The minimum Gasteiger partial charge on any atom is -0.478 e. The number of pyridine rings is 1. The second-order valence-corrected chi connectivity index (χ2v) is 5.20. The van der Waals surface area contributed by atoms with E-state index in [4.69, 9.17) is 16.7 Å². The fraction of sp³-hybridized carbons (Fsp3) is 0.200. The molecule has 1 aromatic carbocycles. The van der Waals surface area contributed by atoms with Crippen molar-refractivity contribution in [2.75, 3.05) is 5.32 Å². The number of carboxylic acids is 1. The van der Waals surface area contributed by atoms with Gasteiger partial charge in [-0.05, 0) is 36.2 Å². The number of halogens is 1. The van der Waals surface area contributed by atoms with E-state index >= 15 is 0 Å². The molecule has 0 radical (unpaired) electrons. The fourth-order valence-corrected chi connectivity index (χ4v) is 1.94. The molecule has 20 heavy (non-hydrogen) atoms. The number of rotatable bonds is 4. The van der Waals surface area contributed by atoms with Crippen molar-refractivity contribution in [3.05, 3.63) is 52.7 Å². The molecule has 0 aliphatic carbocycles. The molecule has 5 heteroatoms. The van der Waals surface area contributed by atoms with Crippen LogP contribution in [0.4, 0.5) is 11.5 Å². The molecule has 0 aliphatic heterocycles. The first-order chi connectivity index (χ1) is 9.45. The highest BCUT2D eigenvalue weighted by molar-refractivity contribution is 6.30. The summed E-state index contributed by atoms with van der Waals surface area (Å²) in [5.74, 6) is -0.325. The van der Waals surface area contributed by atoms with E-state index in [1.54, 1.807) is 18.2 Å². The highest BCUT2D eigenvalue weighted by Gasteiger charge is 2.11. The van der Waals surface area contributed by atoms with E-state index in [-0.39, 0.29) is 11.5 Å². The van der Waals surface area contributed by atoms with Crippen molar-refractivity contribution in [1.82, 2.24) is 4.98 Å². The molecule has 2 rings (SSSR count). The molecule has 0 unspecified atom stereocenters. The SMILES string of the molecule is CC(C)c1cc(C(=O)O)cc(Nc2cccc(Cl)c2)n1. The number of aromatic carboxylic acids is 1. The molecule has 0 aliphatic rings. The standard InChI is InChI=1S/C15H15ClN2O2/c1-9(2)13-6-10(15(19)20)7-14(18-13)17-12-5-3-4-11(16)8-12/h3-9H,1-2H3,(H,17,18)(H,19,20). The summed E-state index contributed by atoms with van der Waals surface area (Å²) >= 11 is 5.92. The van der Waals surface area contributed by atoms with Crippen LogP contribution >= 0.6 is 11.6 Å². The van der Waals surface area contributed by atoms with Crippen molar-refractivity contribution in [2.45, 2.75) is 19.8 Å². The zero-order valence-corrected chi connectivity index (χ0v) is 12.0. The third-order valence-corrected chi connectivity index (χ3v) is 3.02. The van der Waals surface area contributed by atoms with Gasteiger partial charge in [0.05, 0.1) is 5.56 Å². The first-order valence-corrected chi connectivity index (χ1v) is 6.61. The summed E-state index contributed by atoms with van der Waals surface area (Å²) in [7, 11) is 0. The molecule has 0 saturated carbocycles. The molecule has 104 valence electrons. The smallest absolute Gasteiger partial charge is 0.335 e. The number of carbonyl (C=O) groups is 1. The average molecular weight is 291 g/mol. The lowest BCUT2D eigenvalue weighted by Crippen LogP contribution is -2.04. The van der Waals surface area contributed by atoms with Crippen molar-refractivity contribution in [2.24, 2.45) is 0 Å². The van der Waals surface area contributed by atoms with Crippen molar-refractivity contribution in [1.29, 1.82) is 0 Å². The Morgan fingerprint density at radius 3 is 2.65 bits per heavy atom. The lowest BCUT2D eigenvalue weighted by Gasteiger charge is -2.11. The Balaban J connectivity index is 2.38. The number of anilines is 2. The molecule has 0 fully saturated rings. The lowest BCUT2D eigenvalue weighted by atomic mass is 10.1. The summed E-state index contributed by atoms with van der Waals surface area (Å²) in [5, 5.41) is 12.8. The van der Waals surface area contributed by atoms with Gasteiger partial charge < -0.3 is 10.4 Å². The van der Waals surface area contributed by atoms with Gasteiger partial charge in [-0.2, -0.15) is 0 Å². The van der Waals surface area contributed by atoms with E-state index in [1.165, 1.54) is 6.07 Å². The second kappa shape index (κ2) is 5.92. The van der Waals surface area contributed by atoms with Crippen LogP contribution in [0.25, 0.3) is 0 Å². The molecule has 2 aromatic rings. The van der Waals surface area contributed by atoms with Crippen LogP contribution in [0.5, 0.6) is 0 Å². The van der Waals surface area contributed by atoms with Gasteiger partial charge in [0.2, 0.25) is 0 Å². The first-order valence-electron chi connectivity index (χ1n) is 6.23. The molecule has 0 amide bonds. The van der Waals surface area contributed by atoms with Crippen LogP contribution < -0.4 is 5.32 Å². The van der Waals surface area contributed by atoms with Gasteiger partial charge in [0.15, 0.2) is 0 Å². The lowest BCUT2D eigenvalue weighted by molar-refractivity contribution is 0.0696. The fourth-order valence-electron chi connectivity index (χ4n) is 1.75. The third kappa shape index (κ3) is 3.48. The van der Waals surface area contributed by atoms with Gasteiger partial charge >= 0.3 is 5.97 Å². The maximum atomic E-state index is 11.2. The predicted molar refractivity (Wildman–Crippen MR) is 80.0 cm³/mol. The quantitative estimate of drug-likeness (QED) is 0.881. The van der Waals surface area contributed by atoms with Crippen LogP contribution in [0, 0.1) is 0 Å². The minimum atomic E-state index is -0.969. The molecular weight excluding hydrogens is 276 g/mol. The van der Waals surface area contributed by atoms with Crippen LogP contribution in [0.3, 0.4) is 0 Å². The highest BCUT2D eigenvalue weighted by Crippen LogP contribution is 2.22. The van der Waals surface area contributed by atoms with Crippen LogP contribution in [0.2, 0.25) is 5.02 Å². The van der Waals surface area contributed by atoms with E-state index in [9.17, 15) is 4.79 Å². The van der Waals surface area contributed by atoms with Crippen LogP contribution in [0.1, 0.15) is 35.8 Å². The third-order valence-electron chi connectivity index (χ3n) is 2.78. The molecular formula is C15H15ClN2O2. The summed E-state index contributed by atoms with van der Waals surface area (Å²) in [6, 6.07) is 10.3. The topological polar surface area (TPSA) is 62.2 Å². The average Bonchev–Trinajstić information content (AvgIpc) is 2.38. The van der Waals surface area contributed by atoms with E-state index in [2.05, 4.69) is 10.3 Å². The summed E-state index contributed by atoms with van der Waals surface area (Å²) < 4.78 is 0. The van der Waals surface area contributed by atoms with Gasteiger partial charge in [-0.15, -0.1) is 0 Å². The Kier molecular flexibility index (Phi) is 4.25. The van der Waals surface area contributed by atoms with Gasteiger partial charge in [0, 0.05) is 16.4 Å². The van der Waals surface area contributed by atoms with E-state index in [0.717, 1.165) is 11.4 Å². The Morgan fingerprint density at radius 2 is 2.05 bits per heavy atom. The molecule has 4 nitrogen and oxygen atoms in total. The van der Waals surface area contributed by atoms with Crippen molar-refractivity contribution < 1.29 is 9.90 Å². The van der Waals surface area contributed by atoms with Gasteiger partial charge in [-0.1, -0.05) is 31.5 Å². The highest BCUT2D eigenvalue weighted by atomic mass is 35.5. The first kappa shape index (κ1) is 14.3. The zero-order chi connectivity index (χ0) is 14.7. The molecule has 1 aromatic heterocycles. The number of benzene rings is 1. The predicted octanol–water partition coefficient (Wildman–Crippen LogP) is 4.30. The maximum absolute atomic E-state index is 11.2. The van der Waals surface area contributed by atoms with Gasteiger partial charge in [-0.25, -0.2) is 9.78 Å². The van der Waals surface area contributed by atoms with Gasteiger partial charge in [0.25, 0.3) is 0 Å². The van der Waals surface area contributed by atoms with Gasteiger partial charge in [0.1, 0.15) is 5.82 Å². The van der Waals surface area contributed by atoms with Crippen LogP contribution in [-0.2, 0) is 0 Å². The summed E-state index contributed by atoms with van der Waals surface area (Å²) in [5.41, 5.74) is 1.71. The Bertz CT molecular complexity index is 642. The van der Waals surface area contributed by atoms with E-state index < -0.39 is 5.97 Å². The van der Waals surface area contributed by atoms with Crippen molar-refractivity contribution in [3.63, 3.8) is 0 Å². The largest absolute Gasteiger partial charge is 0.478 e. The molecule has 1 heterocycles. The van der Waals surface area contributed by atoms with Crippen LogP contribution in [-0.4, -0.2) is 16.1 Å². The maximum Gasteiger partial charge on any atom is 0.335 e. The minimum absolute atomic E-state index is 0.147. The van der Waals surface area contributed by atoms with E-state index in [0.29, 0.717) is 10.8 Å². The zero-order valence-electron chi connectivity index (χ0n) is 11.2. The number of aromatic nitrogens is 1. The summed E-state index contributed by atoms with van der Waals surface area (Å²) in [4.78, 5) is 15.6. The second-order valence-electron chi connectivity index (χ2n) is 4.76. The monoisotopic (exact) mass is 290 g/mol. The number of carboxylic acid groups (broad SMARTS) is 1. The molecule has 0 saturated heterocycles. The number of nitrogens with one attached hydrogen (secondary N) is 1. The Labute approximate surface area is 122 Å². The Morgan fingerprint density at radius 1 is 1.30 bits per heavy atom. The van der Waals surface area contributed by atoms with Gasteiger partial charge in [-0.3, -0.25) is 0 Å². The molecule has 0 spiro atoms. The number of hydrogen-bond donors (Lipinski definition) is 2. The summed E-state index contributed by atoms with van der Waals surface area (Å²) in [6.45, 7) is 3.94. The Hall–Kier alpha value is -2.07. The van der Waals surface area contributed by atoms with Crippen molar-refractivity contribution >= 4 is 29.1 Å². The molecule has 0 bridgehead atoms. The molecule has 0 atom stereocenters. The molecule has 2 N–H and O–H groups in total. The number of nitrogens with zero attached hydrogens (tertiary/aromatic N) is 1. The van der Waals surface area contributed by atoms with Crippen LogP contribution in [0.15, 0.2) is 36.4 Å². The number of hydrogen-bond acceptors (Lipinski definition) is 3.